The second-order valence-corrected chi connectivity index (χ2v) is 10.1. The third-order valence-corrected chi connectivity index (χ3v) is 7.11. The first-order valence-corrected chi connectivity index (χ1v) is 13.2. The lowest BCUT2D eigenvalue weighted by Gasteiger charge is -2.43. The van der Waals surface area contributed by atoms with E-state index in [0.717, 1.165) is 17.9 Å². The van der Waals surface area contributed by atoms with Gasteiger partial charge in [-0.1, -0.05) is 6.07 Å². The number of likely N-dealkylation sites (tertiary alicyclic amines) is 1. The normalized spacial score (nSPS) is 19.3. The molecule has 1 aromatic carbocycles. The molecule has 0 aliphatic carbocycles. The Hall–Kier alpha value is -3.27. The molecule has 3 heterocycles. The van der Waals surface area contributed by atoms with Gasteiger partial charge in [-0.05, 0) is 61.1 Å². The van der Waals surface area contributed by atoms with Crippen LogP contribution in [-0.2, 0) is 16.1 Å². The number of hydrogen-bond donors (Lipinski definition) is 3. The van der Waals surface area contributed by atoms with Crippen LogP contribution in [0.1, 0.15) is 31.4 Å². The number of anilines is 2. The number of piperidine rings is 1. The van der Waals surface area contributed by atoms with Crippen LogP contribution in [0.25, 0.3) is 0 Å². The van der Waals surface area contributed by atoms with Crippen molar-refractivity contribution in [1.29, 1.82) is 0 Å². The van der Waals surface area contributed by atoms with Crippen LogP contribution in [0.3, 0.4) is 0 Å². The van der Waals surface area contributed by atoms with E-state index < -0.39 is 6.04 Å². The quantitative estimate of drug-likeness (QED) is 0.545. The van der Waals surface area contributed by atoms with Crippen molar-refractivity contribution in [3.05, 3.63) is 58.5 Å². The van der Waals surface area contributed by atoms with E-state index in [-0.39, 0.29) is 35.2 Å². The maximum Gasteiger partial charge on any atom is 0.318 e. The van der Waals surface area contributed by atoms with Gasteiger partial charge in [-0.15, -0.1) is 0 Å². The van der Waals surface area contributed by atoms with Gasteiger partial charge in [0.05, 0.1) is 0 Å². The van der Waals surface area contributed by atoms with E-state index in [1.807, 2.05) is 16.9 Å². The zero-order valence-corrected chi connectivity index (χ0v) is 20.8. The van der Waals surface area contributed by atoms with Crippen LogP contribution in [0.5, 0.6) is 0 Å². The van der Waals surface area contributed by atoms with E-state index in [9.17, 15) is 19.2 Å². The maximum atomic E-state index is 13.2. The SMILES string of the molecule is CSCC[C@H](NC(=O)N1C[C@H]2C[C@H](C1)c1cccc(=O)n1C2)C(=O)Nc1ccc(NC(C)=O)cc1. The van der Waals surface area contributed by atoms with Crippen LogP contribution in [0.15, 0.2) is 47.3 Å². The van der Waals surface area contributed by atoms with Gasteiger partial charge in [-0.2, -0.15) is 11.8 Å². The Morgan fingerprint density at radius 3 is 2.43 bits per heavy atom. The second kappa shape index (κ2) is 11.0. The van der Waals surface area contributed by atoms with E-state index in [4.69, 9.17) is 0 Å². The number of nitrogens with zero attached hydrogens (tertiary/aromatic N) is 2. The van der Waals surface area contributed by atoms with Gasteiger partial charge in [0.15, 0.2) is 0 Å². The van der Waals surface area contributed by atoms with Crippen molar-refractivity contribution in [3.63, 3.8) is 0 Å². The first-order valence-electron chi connectivity index (χ1n) is 11.8. The van der Waals surface area contributed by atoms with Crippen molar-refractivity contribution < 1.29 is 14.4 Å². The lowest BCUT2D eigenvalue weighted by molar-refractivity contribution is -0.118. The molecule has 2 aliphatic rings. The highest BCUT2D eigenvalue weighted by Crippen LogP contribution is 2.34. The summed E-state index contributed by atoms with van der Waals surface area (Å²) in [7, 11) is 0. The molecule has 3 atom stereocenters. The van der Waals surface area contributed by atoms with E-state index in [1.54, 1.807) is 53.1 Å². The largest absolute Gasteiger partial charge is 0.326 e. The summed E-state index contributed by atoms with van der Waals surface area (Å²) < 4.78 is 1.83. The first kappa shape index (κ1) is 24.8. The van der Waals surface area contributed by atoms with Gasteiger partial charge in [0.1, 0.15) is 6.04 Å². The number of benzene rings is 1. The number of aromatic nitrogens is 1. The highest BCUT2D eigenvalue weighted by atomic mass is 32.2. The number of nitrogens with one attached hydrogen (secondary N) is 3. The predicted molar refractivity (Wildman–Crippen MR) is 138 cm³/mol. The Kier molecular flexibility index (Phi) is 7.80. The molecule has 0 saturated carbocycles. The standard InChI is InChI=1S/C25H31N5O4S/c1-16(31)26-19-6-8-20(9-7-19)27-24(33)21(10-11-35-2)28-25(34)29-13-17-12-18(15-29)22-4-3-5-23(32)30(22)14-17/h3-9,17-18,21H,10-15H2,1-2H3,(H,26,31)(H,27,33)(H,28,34)/t17-,18-,21+/m1/s1. The predicted octanol–water partition coefficient (Wildman–Crippen LogP) is 2.70. The van der Waals surface area contributed by atoms with Gasteiger partial charge in [0, 0.05) is 55.6 Å². The lowest BCUT2D eigenvalue weighted by Crippen LogP contribution is -2.55. The van der Waals surface area contributed by atoms with Gasteiger partial charge < -0.3 is 25.4 Å². The fraction of sp³-hybridized carbons (Fsp3) is 0.440. The molecule has 2 aromatic rings. The summed E-state index contributed by atoms with van der Waals surface area (Å²) in [6.45, 7) is 3.13. The molecule has 4 rings (SSSR count). The number of fused-ring (bicyclic) bond motifs is 4. The molecule has 186 valence electrons. The van der Waals surface area contributed by atoms with Gasteiger partial charge in [-0.3, -0.25) is 14.4 Å². The van der Waals surface area contributed by atoms with E-state index in [1.165, 1.54) is 6.92 Å². The van der Waals surface area contributed by atoms with Crippen molar-refractivity contribution in [2.75, 3.05) is 35.7 Å². The van der Waals surface area contributed by atoms with Crippen molar-refractivity contribution in [2.45, 2.75) is 38.3 Å². The Labute approximate surface area is 208 Å². The molecule has 0 unspecified atom stereocenters. The highest BCUT2D eigenvalue weighted by molar-refractivity contribution is 7.98. The summed E-state index contributed by atoms with van der Waals surface area (Å²) in [5.74, 6) is 0.602. The number of urea groups is 1. The third kappa shape index (κ3) is 6.05. The summed E-state index contributed by atoms with van der Waals surface area (Å²) in [6.07, 6.45) is 3.42. The van der Waals surface area contributed by atoms with Crippen LogP contribution in [0, 0.1) is 5.92 Å². The van der Waals surface area contributed by atoms with Crippen LogP contribution >= 0.6 is 11.8 Å². The molecule has 1 saturated heterocycles. The number of thioether (sulfide) groups is 1. The number of rotatable bonds is 7. The molecule has 2 aliphatic heterocycles. The molecule has 9 nitrogen and oxygen atoms in total. The molecule has 3 N–H and O–H groups in total. The van der Waals surface area contributed by atoms with Crippen molar-refractivity contribution in [1.82, 2.24) is 14.8 Å². The fourth-order valence-electron chi connectivity index (χ4n) is 4.88. The molecule has 35 heavy (non-hydrogen) atoms. The molecule has 2 bridgehead atoms. The van der Waals surface area contributed by atoms with Crippen LogP contribution in [-0.4, -0.2) is 58.5 Å². The molecule has 1 aromatic heterocycles. The van der Waals surface area contributed by atoms with Gasteiger partial charge in [0.25, 0.3) is 5.56 Å². The summed E-state index contributed by atoms with van der Waals surface area (Å²) >= 11 is 1.61. The molecule has 4 amide bonds. The van der Waals surface area contributed by atoms with Crippen LogP contribution in [0.4, 0.5) is 16.2 Å². The zero-order chi connectivity index (χ0) is 24.9. The summed E-state index contributed by atoms with van der Waals surface area (Å²) in [5.41, 5.74) is 2.21. The Balaban J connectivity index is 1.41. The average molecular weight is 498 g/mol. The molecule has 10 heteroatoms. The van der Waals surface area contributed by atoms with Gasteiger partial charge >= 0.3 is 6.03 Å². The van der Waals surface area contributed by atoms with Crippen molar-refractivity contribution >= 4 is 41.0 Å². The Morgan fingerprint density at radius 2 is 1.74 bits per heavy atom. The number of amides is 4. The van der Waals surface area contributed by atoms with Gasteiger partial charge in [0.2, 0.25) is 11.8 Å². The number of carbonyl (C=O) groups excluding carboxylic acids is 3. The van der Waals surface area contributed by atoms with Crippen molar-refractivity contribution in [2.24, 2.45) is 5.92 Å². The lowest BCUT2D eigenvalue weighted by atomic mass is 9.83. The van der Waals surface area contributed by atoms with E-state index in [0.29, 0.717) is 37.4 Å². The summed E-state index contributed by atoms with van der Waals surface area (Å²) in [5, 5.41) is 8.50. The monoisotopic (exact) mass is 497 g/mol. The second-order valence-electron chi connectivity index (χ2n) is 9.13. The van der Waals surface area contributed by atoms with E-state index in [2.05, 4.69) is 16.0 Å². The number of pyridine rings is 1. The first-order chi connectivity index (χ1) is 16.8. The van der Waals surface area contributed by atoms with Crippen molar-refractivity contribution in [3.8, 4) is 0 Å². The number of carbonyl (C=O) groups is 3. The number of hydrogen-bond acceptors (Lipinski definition) is 5. The summed E-state index contributed by atoms with van der Waals surface area (Å²) in [4.78, 5) is 51.5. The topological polar surface area (TPSA) is 113 Å². The highest BCUT2D eigenvalue weighted by Gasteiger charge is 2.37. The maximum absolute atomic E-state index is 13.2. The molecular formula is C25H31N5O4S. The molecule has 1 fully saturated rings. The smallest absolute Gasteiger partial charge is 0.318 e. The minimum Gasteiger partial charge on any atom is -0.326 e. The molecule has 0 radical (unpaired) electrons. The fourth-order valence-corrected chi connectivity index (χ4v) is 5.35. The average Bonchev–Trinajstić information content (AvgIpc) is 2.83. The minimum absolute atomic E-state index is 0.00834. The van der Waals surface area contributed by atoms with Crippen LogP contribution < -0.4 is 21.5 Å². The van der Waals surface area contributed by atoms with E-state index >= 15 is 0 Å². The minimum atomic E-state index is -0.679. The molecular weight excluding hydrogens is 466 g/mol. The third-order valence-electron chi connectivity index (χ3n) is 6.46. The Bertz CT molecular complexity index is 1150. The Morgan fingerprint density at radius 1 is 1.03 bits per heavy atom. The zero-order valence-electron chi connectivity index (χ0n) is 20.0. The summed E-state index contributed by atoms with van der Waals surface area (Å²) in [6, 6.07) is 11.2. The van der Waals surface area contributed by atoms with Gasteiger partial charge in [-0.25, -0.2) is 4.79 Å². The molecule has 0 spiro atoms. The van der Waals surface area contributed by atoms with Crippen LogP contribution in [0.2, 0.25) is 0 Å².